The van der Waals surface area contributed by atoms with E-state index in [2.05, 4.69) is 22.2 Å². The lowest BCUT2D eigenvalue weighted by molar-refractivity contribution is 0.415. The van der Waals surface area contributed by atoms with E-state index in [4.69, 9.17) is 4.74 Å². The van der Waals surface area contributed by atoms with Crippen LogP contribution in [0.15, 0.2) is 42.0 Å². The molecule has 5 heteroatoms. The van der Waals surface area contributed by atoms with Crippen molar-refractivity contribution >= 4 is 27.9 Å². The molecule has 0 aliphatic rings. The van der Waals surface area contributed by atoms with Crippen molar-refractivity contribution in [1.29, 1.82) is 0 Å². The fraction of sp³-hybridized carbons (Fsp3) is 0.250. The SMILES string of the molecule is CCC(Nc1nccc2ccc(OC)cc12)c1nccs1. The Hall–Kier alpha value is -2.14. The second-order valence-corrected chi connectivity index (χ2v) is 5.65. The maximum atomic E-state index is 5.31. The molecule has 3 aromatic rings. The van der Waals surface area contributed by atoms with Crippen LogP contribution in [0.2, 0.25) is 0 Å². The summed E-state index contributed by atoms with van der Waals surface area (Å²) >= 11 is 1.66. The number of rotatable bonds is 5. The average molecular weight is 299 g/mol. The van der Waals surface area contributed by atoms with Gasteiger partial charge in [-0.1, -0.05) is 13.0 Å². The molecule has 0 aliphatic heterocycles. The van der Waals surface area contributed by atoms with Gasteiger partial charge in [0.1, 0.15) is 16.6 Å². The highest BCUT2D eigenvalue weighted by Crippen LogP contribution is 2.29. The molecule has 1 unspecified atom stereocenters. The van der Waals surface area contributed by atoms with E-state index in [-0.39, 0.29) is 6.04 Å². The van der Waals surface area contributed by atoms with Crippen molar-refractivity contribution in [3.8, 4) is 5.75 Å². The molecule has 1 N–H and O–H groups in total. The van der Waals surface area contributed by atoms with Gasteiger partial charge >= 0.3 is 0 Å². The van der Waals surface area contributed by atoms with Gasteiger partial charge in [0.2, 0.25) is 0 Å². The molecule has 0 saturated heterocycles. The lowest BCUT2D eigenvalue weighted by atomic mass is 10.1. The number of benzene rings is 1. The molecule has 0 saturated carbocycles. The molecule has 0 aliphatic carbocycles. The van der Waals surface area contributed by atoms with Crippen molar-refractivity contribution in [2.24, 2.45) is 0 Å². The highest BCUT2D eigenvalue weighted by Gasteiger charge is 2.14. The number of hydrogen-bond acceptors (Lipinski definition) is 5. The number of aromatic nitrogens is 2. The lowest BCUT2D eigenvalue weighted by Gasteiger charge is -2.16. The smallest absolute Gasteiger partial charge is 0.134 e. The molecule has 4 nitrogen and oxygen atoms in total. The summed E-state index contributed by atoms with van der Waals surface area (Å²) in [6, 6.07) is 8.20. The Balaban J connectivity index is 1.99. The van der Waals surface area contributed by atoms with Gasteiger partial charge < -0.3 is 10.1 Å². The first-order chi connectivity index (χ1) is 10.3. The third-order valence-corrected chi connectivity index (χ3v) is 4.33. The minimum atomic E-state index is 0.175. The summed E-state index contributed by atoms with van der Waals surface area (Å²) in [5.41, 5.74) is 0. The van der Waals surface area contributed by atoms with Crippen LogP contribution >= 0.6 is 11.3 Å². The zero-order chi connectivity index (χ0) is 14.7. The van der Waals surface area contributed by atoms with Crippen molar-refractivity contribution in [3.05, 3.63) is 47.0 Å². The number of hydrogen-bond donors (Lipinski definition) is 1. The summed E-state index contributed by atoms with van der Waals surface area (Å²) in [5, 5.41) is 8.79. The van der Waals surface area contributed by atoms with E-state index in [0.717, 1.165) is 33.8 Å². The quantitative estimate of drug-likeness (QED) is 0.764. The monoisotopic (exact) mass is 299 g/mol. The fourth-order valence-electron chi connectivity index (χ4n) is 2.30. The van der Waals surface area contributed by atoms with Gasteiger partial charge in [0.05, 0.1) is 13.2 Å². The Bertz CT molecular complexity index is 727. The number of pyridine rings is 1. The second kappa shape index (κ2) is 6.10. The van der Waals surface area contributed by atoms with E-state index < -0.39 is 0 Å². The standard InChI is InChI=1S/C16H17N3OS/c1-3-14(16-18-8-9-21-16)19-15-13-10-12(20-2)5-4-11(13)6-7-17-15/h4-10,14H,3H2,1-2H3,(H,17,19). The van der Waals surface area contributed by atoms with Crippen LogP contribution in [0.4, 0.5) is 5.82 Å². The van der Waals surface area contributed by atoms with E-state index in [1.165, 1.54) is 0 Å². The van der Waals surface area contributed by atoms with Gasteiger partial charge in [0.15, 0.2) is 0 Å². The predicted octanol–water partition coefficient (Wildman–Crippen LogP) is 4.26. The van der Waals surface area contributed by atoms with E-state index in [0.29, 0.717) is 0 Å². The van der Waals surface area contributed by atoms with Crippen LogP contribution in [0.5, 0.6) is 5.75 Å². The molecule has 1 atom stereocenters. The van der Waals surface area contributed by atoms with Crippen molar-refractivity contribution in [2.45, 2.75) is 19.4 Å². The number of anilines is 1. The van der Waals surface area contributed by atoms with E-state index in [9.17, 15) is 0 Å². The van der Waals surface area contributed by atoms with Gasteiger partial charge in [-0.15, -0.1) is 11.3 Å². The van der Waals surface area contributed by atoms with Crippen LogP contribution in [-0.2, 0) is 0 Å². The van der Waals surface area contributed by atoms with Crippen LogP contribution < -0.4 is 10.1 Å². The predicted molar refractivity (Wildman–Crippen MR) is 87.1 cm³/mol. The zero-order valence-corrected chi connectivity index (χ0v) is 12.9. The van der Waals surface area contributed by atoms with Crippen molar-refractivity contribution in [1.82, 2.24) is 9.97 Å². The Kier molecular flexibility index (Phi) is 4.01. The Morgan fingerprint density at radius 3 is 2.86 bits per heavy atom. The zero-order valence-electron chi connectivity index (χ0n) is 12.0. The molecule has 0 spiro atoms. The summed E-state index contributed by atoms with van der Waals surface area (Å²) in [6.07, 6.45) is 4.62. The molecule has 21 heavy (non-hydrogen) atoms. The number of thiazole rings is 1. The van der Waals surface area contributed by atoms with Gasteiger partial charge in [0.25, 0.3) is 0 Å². The molecule has 3 rings (SSSR count). The summed E-state index contributed by atoms with van der Waals surface area (Å²) in [7, 11) is 1.68. The van der Waals surface area contributed by atoms with Gasteiger partial charge in [-0.25, -0.2) is 9.97 Å². The molecule has 108 valence electrons. The summed E-state index contributed by atoms with van der Waals surface area (Å²) in [4.78, 5) is 8.89. The molecular formula is C16H17N3OS. The minimum absolute atomic E-state index is 0.175. The molecular weight excluding hydrogens is 282 g/mol. The van der Waals surface area contributed by atoms with Crippen molar-refractivity contribution in [3.63, 3.8) is 0 Å². The molecule has 0 amide bonds. The lowest BCUT2D eigenvalue weighted by Crippen LogP contribution is -2.10. The number of fused-ring (bicyclic) bond motifs is 1. The number of nitrogens with one attached hydrogen (secondary N) is 1. The fourth-order valence-corrected chi connectivity index (χ4v) is 3.07. The maximum Gasteiger partial charge on any atom is 0.134 e. The highest BCUT2D eigenvalue weighted by molar-refractivity contribution is 7.09. The Morgan fingerprint density at radius 2 is 2.14 bits per heavy atom. The first-order valence-electron chi connectivity index (χ1n) is 6.90. The van der Waals surface area contributed by atoms with Crippen LogP contribution in [0.1, 0.15) is 24.4 Å². The average Bonchev–Trinajstić information content (AvgIpc) is 3.06. The number of nitrogens with zero attached hydrogens (tertiary/aromatic N) is 2. The second-order valence-electron chi connectivity index (χ2n) is 4.72. The summed E-state index contributed by atoms with van der Waals surface area (Å²) < 4.78 is 5.31. The third kappa shape index (κ3) is 2.83. The largest absolute Gasteiger partial charge is 0.497 e. The normalized spacial score (nSPS) is 12.3. The van der Waals surface area contributed by atoms with Crippen molar-refractivity contribution in [2.75, 3.05) is 12.4 Å². The topological polar surface area (TPSA) is 47.0 Å². The summed E-state index contributed by atoms with van der Waals surface area (Å²) in [6.45, 7) is 2.14. The Morgan fingerprint density at radius 1 is 1.24 bits per heavy atom. The molecule has 2 aromatic heterocycles. The number of methoxy groups -OCH3 is 1. The van der Waals surface area contributed by atoms with Crippen molar-refractivity contribution < 1.29 is 4.74 Å². The summed E-state index contributed by atoms with van der Waals surface area (Å²) in [5.74, 6) is 1.70. The minimum Gasteiger partial charge on any atom is -0.497 e. The third-order valence-electron chi connectivity index (χ3n) is 3.44. The van der Waals surface area contributed by atoms with Crippen LogP contribution in [-0.4, -0.2) is 17.1 Å². The first-order valence-corrected chi connectivity index (χ1v) is 7.78. The van der Waals surface area contributed by atoms with Crippen LogP contribution in [0, 0.1) is 0 Å². The van der Waals surface area contributed by atoms with Crippen LogP contribution in [0.3, 0.4) is 0 Å². The number of ether oxygens (including phenoxy) is 1. The van der Waals surface area contributed by atoms with Crippen LogP contribution in [0.25, 0.3) is 10.8 Å². The molecule has 2 heterocycles. The van der Waals surface area contributed by atoms with E-state index in [1.807, 2.05) is 42.0 Å². The van der Waals surface area contributed by atoms with Gasteiger partial charge in [-0.05, 0) is 30.0 Å². The molecule has 0 radical (unpaired) electrons. The molecule has 1 aromatic carbocycles. The van der Waals surface area contributed by atoms with E-state index in [1.54, 1.807) is 18.4 Å². The molecule has 0 bridgehead atoms. The van der Waals surface area contributed by atoms with Gasteiger partial charge in [-0.2, -0.15) is 0 Å². The van der Waals surface area contributed by atoms with E-state index >= 15 is 0 Å². The molecule has 0 fully saturated rings. The first kappa shape index (κ1) is 13.8. The highest BCUT2D eigenvalue weighted by atomic mass is 32.1. The van der Waals surface area contributed by atoms with Gasteiger partial charge in [0, 0.05) is 23.2 Å². The maximum absolute atomic E-state index is 5.31. The Labute approximate surface area is 127 Å². The van der Waals surface area contributed by atoms with Gasteiger partial charge in [-0.3, -0.25) is 0 Å².